The molecule has 6 rings (SSSR count). The minimum absolute atomic E-state index is 0.0958. The molecule has 5 atom stereocenters. The molecule has 0 aromatic carbocycles. The Kier molecular flexibility index (Phi) is 4.09. The highest BCUT2D eigenvalue weighted by atomic mass is 35.5. The predicted octanol–water partition coefficient (Wildman–Crippen LogP) is 3.71. The lowest BCUT2D eigenvalue weighted by Gasteiger charge is -2.58. The van der Waals surface area contributed by atoms with Crippen LogP contribution in [0.25, 0.3) is 0 Å². The molecule has 1 aromatic rings. The number of nitrogens with one attached hydrogen (secondary N) is 1. The summed E-state index contributed by atoms with van der Waals surface area (Å²) >= 11 is 6.54. The number of hydrogen-bond donors (Lipinski definition) is 2. The summed E-state index contributed by atoms with van der Waals surface area (Å²) in [6.45, 7) is 0. The van der Waals surface area contributed by atoms with Gasteiger partial charge in [0.2, 0.25) is 0 Å². The van der Waals surface area contributed by atoms with E-state index in [0.29, 0.717) is 34.5 Å². The highest BCUT2D eigenvalue weighted by Gasteiger charge is 2.55. The van der Waals surface area contributed by atoms with Gasteiger partial charge in [0.15, 0.2) is 0 Å². The number of aliphatic hydroxyl groups is 1. The smallest absolute Gasteiger partial charge is 0.256 e. The van der Waals surface area contributed by atoms with Crippen molar-refractivity contribution in [3.8, 4) is 0 Å². The van der Waals surface area contributed by atoms with Crippen LogP contribution in [0, 0.1) is 17.8 Å². The van der Waals surface area contributed by atoms with Crippen LogP contribution >= 0.6 is 11.6 Å². The zero-order chi connectivity index (χ0) is 17.9. The average molecular weight is 378 g/mol. The molecule has 6 heteroatoms. The van der Waals surface area contributed by atoms with Crippen LogP contribution in [0.4, 0.5) is 0 Å². The quantitative estimate of drug-likeness (QED) is 0.843. The summed E-state index contributed by atoms with van der Waals surface area (Å²) in [5, 5.41) is 18.9. The first-order valence-corrected chi connectivity index (χ1v) is 10.7. The van der Waals surface area contributed by atoms with Crippen LogP contribution in [0.2, 0.25) is 5.15 Å². The number of nitrogens with zero attached hydrogens (tertiary/aromatic N) is 2. The summed E-state index contributed by atoms with van der Waals surface area (Å²) in [6, 6.07) is 0.502. The molecule has 5 saturated carbocycles. The van der Waals surface area contributed by atoms with E-state index in [2.05, 4.69) is 10.4 Å². The van der Waals surface area contributed by atoms with Crippen molar-refractivity contribution in [1.82, 2.24) is 15.1 Å². The zero-order valence-electron chi connectivity index (χ0n) is 15.2. The van der Waals surface area contributed by atoms with E-state index in [0.717, 1.165) is 44.9 Å². The molecule has 26 heavy (non-hydrogen) atoms. The highest BCUT2D eigenvalue weighted by Crippen LogP contribution is 2.55. The summed E-state index contributed by atoms with van der Waals surface area (Å²) in [5.74, 6) is 1.36. The van der Waals surface area contributed by atoms with Crippen LogP contribution in [0.5, 0.6) is 0 Å². The van der Waals surface area contributed by atoms with Crippen molar-refractivity contribution in [1.29, 1.82) is 0 Å². The Morgan fingerprint density at radius 3 is 2.54 bits per heavy atom. The third-order valence-electron chi connectivity index (χ3n) is 7.44. The topological polar surface area (TPSA) is 67.2 Å². The number of halogens is 1. The lowest BCUT2D eigenvalue weighted by atomic mass is 9.52. The van der Waals surface area contributed by atoms with E-state index in [1.807, 2.05) is 4.68 Å². The minimum Gasteiger partial charge on any atom is -0.390 e. The van der Waals surface area contributed by atoms with Gasteiger partial charge in [-0.2, -0.15) is 5.10 Å². The van der Waals surface area contributed by atoms with Gasteiger partial charge in [-0.1, -0.05) is 30.9 Å². The SMILES string of the molecule is O=C(NC1[C@@H]2CC3C[C@H]1CC(O)(C3)C2)c1cnn(C2CCCCC2)c1Cl. The molecule has 0 aliphatic heterocycles. The second kappa shape index (κ2) is 6.23. The van der Waals surface area contributed by atoms with Crippen LogP contribution in [-0.2, 0) is 0 Å². The summed E-state index contributed by atoms with van der Waals surface area (Å²) in [6.07, 6.45) is 12.4. The number of amides is 1. The summed E-state index contributed by atoms with van der Waals surface area (Å²) in [5.41, 5.74) is 0.0334. The van der Waals surface area contributed by atoms with Crippen molar-refractivity contribution < 1.29 is 9.90 Å². The third kappa shape index (κ3) is 2.78. The van der Waals surface area contributed by atoms with Gasteiger partial charge in [-0.05, 0) is 62.7 Å². The van der Waals surface area contributed by atoms with Gasteiger partial charge >= 0.3 is 0 Å². The number of carbonyl (C=O) groups excluding carboxylic acids is 1. The number of carbonyl (C=O) groups is 1. The molecule has 0 spiro atoms. The van der Waals surface area contributed by atoms with Gasteiger partial charge in [0.1, 0.15) is 5.15 Å². The van der Waals surface area contributed by atoms with Gasteiger partial charge in [-0.3, -0.25) is 9.48 Å². The van der Waals surface area contributed by atoms with Gasteiger partial charge < -0.3 is 10.4 Å². The molecular formula is C20H28ClN3O2. The zero-order valence-corrected chi connectivity index (χ0v) is 15.9. The standard InChI is InChI=1S/C20H28ClN3O2/c21-18-16(11-22-24(18)15-4-2-1-3-5-15)19(25)23-17-13-6-12-7-14(17)10-20(26,8-12)9-13/h11-15,17,26H,1-10H2,(H,23,25)/t12?,13-,14+,17?,20?. The minimum atomic E-state index is -0.471. The normalized spacial score (nSPS) is 39.3. The largest absolute Gasteiger partial charge is 0.390 e. The van der Waals surface area contributed by atoms with Crippen molar-refractivity contribution in [2.75, 3.05) is 0 Å². The van der Waals surface area contributed by atoms with E-state index in [-0.39, 0.29) is 11.9 Å². The summed E-state index contributed by atoms with van der Waals surface area (Å²) < 4.78 is 1.86. The fourth-order valence-electron chi connectivity index (χ4n) is 6.53. The maximum Gasteiger partial charge on any atom is 0.256 e. The van der Waals surface area contributed by atoms with Crippen LogP contribution < -0.4 is 5.32 Å². The molecule has 5 nitrogen and oxygen atoms in total. The first kappa shape index (κ1) is 17.1. The molecule has 1 aromatic heterocycles. The highest BCUT2D eigenvalue weighted by molar-refractivity contribution is 6.32. The van der Waals surface area contributed by atoms with Gasteiger partial charge in [0.05, 0.1) is 23.4 Å². The first-order valence-electron chi connectivity index (χ1n) is 10.3. The maximum atomic E-state index is 12.9. The summed E-state index contributed by atoms with van der Waals surface area (Å²) in [7, 11) is 0. The third-order valence-corrected chi connectivity index (χ3v) is 7.82. The Balaban J connectivity index is 1.31. The first-order chi connectivity index (χ1) is 12.5. The van der Waals surface area contributed by atoms with Gasteiger partial charge in [-0.25, -0.2) is 0 Å². The van der Waals surface area contributed by atoms with Crippen molar-refractivity contribution in [2.45, 2.75) is 81.9 Å². The fraction of sp³-hybridized carbons (Fsp3) is 0.800. The number of hydrogen-bond acceptors (Lipinski definition) is 3. The molecule has 142 valence electrons. The van der Waals surface area contributed by atoms with E-state index >= 15 is 0 Å². The van der Waals surface area contributed by atoms with Crippen LogP contribution in [0.15, 0.2) is 6.20 Å². The van der Waals surface area contributed by atoms with Crippen molar-refractivity contribution >= 4 is 17.5 Å². The Hall–Kier alpha value is -1.07. The monoisotopic (exact) mass is 377 g/mol. The lowest BCUT2D eigenvalue weighted by molar-refractivity contribution is -0.136. The van der Waals surface area contributed by atoms with E-state index < -0.39 is 5.60 Å². The fourth-order valence-corrected chi connectivity index (χ4v) is 6.84. The van der Waals surface area contributed by atoms with Gasteiger partial charge in [0.25, 0.3) is 5.91 Å². The van der Waals surface area contributed by atoms with E-state index in [1.165, 1.54) is 19.3 Å². The average Bonchev–Trinajstić information content (AvgIpc) is 2.99. The molecule has 5 aliphatic carbocycles. The Bertz CT molecular complexity index is 696. The molecule has 0 radical (unpaired) electrons. The molecule has 4 bridgehead atoms. The molecule has 0 saturated heterocycles. The lowest BCUT2D eigenvalue weighted by Crippen LogP contribution is -2.61. The predicted molar refractivity (Wildman–Crippen MR) is 99.1 cm³/mol. The molecule has 5 fully saturated rings. The second-order valence-electron chi connectivity index (χ2n) is 9.28. The number of aromatic nitrogens is 2. The van der Waals surface area contributed by atoms with Crippen molar-refractivity contribution in [3.05, 3.63) is 16.9 Å². The van der Waals surface area contributed by atoms with E-state index in [4.69, 9.17) is 11.6 Å². The molecule has 2 N–H and O–H groups in total. The Labute approximate surface area is 159 Å². The Morgan fingerprint density at radius 1 is 1.19 bits per heavy atom. The summed E-state index contributed by atoms with van der Waals surface area (Å²) in [4.78, 5) is 12.9. The van der Waals surface area contributed by atoms with E-state index in [9.17, 15) is 9.90 Å². The molecular weight excluding hydrogens is 350 g/mol. The van der Waals surface area contributed by atoms with Gasteiger partial charge in [-0.15, -0.1) is 0 Å². The second-order valence-corrected chi connectivity index (χ2v) is 9.64. The van der Waals surface area contributed by atoms with Crippen LogP contribution in [0.1, 0.15) is 80.6 Å². The molecule has 1 amide bonds. The van der Waals surface area contributed by atoms with Crippen LogP contribution in [-0.4, -0.2) is 32.4 Å². The van der Waals surface area contributed by atoms with Crippen LogP contribution in [0.3, 0.4) is 0 Å². The van der Waals surface area contributed by atoms with Crippen molar-refractivity contribution in [2.24, 2.45) is 17.8 Å². The number of rotatable bonds is 3. The van der Waals surface area contributed by atoms with E-state index in [1.54, 1.807) is 6.20 Å². The maximum absolute atomic E-state index is 12.9. The van der Waals surface area contributed by atoms with Gasteiger partial charge in [0, 0.05) is 6.04 Å². The Morgan fingerprint density at radius 2 is 1.88 bits per heavy atom. The van der Waals surface area contributed by atoms with Crippen molar-refractivity contribution in [3.63, 3.8) is 0 Å². The molecule has 3 unspecified atom stereocenters. The molecule has 1 heterocycles. The molecule has 5 aliphatic rings.